The molecule has 0 unspecified atom stereocenters. The summed E-state index contributed by atoms with van der Waals surface area (Å²) >= 11 is 1.49. The SMILES string of the molecule is O=C(c1cccs1)N1CCc2ncnc(-c3ccncc3)c2CC1. The minimum atomic E-state index is 0.108. The van der Waals surface area contributed by atoms with Crippen LogP contribution in [0.25, 0.3) is 11.3 Å². The Labute approximate surface area is 144 Å². The standard InChI is InChI=1S/C18H16N4OS/c23-18(16-2-1-11-24-16)22-9-5-14-15(6-10-22)20-12-21-17(14)13-3-7-19-8-4-13/h1-4,7-8,11-12H,5-6,9-10H2. The number of rotatable bonds is 2. The fourth-order valence-electron chi connectivity index (χ4n) is 3.04. The van der Waals surface area contributed by atoms with E-state index in [2.05, 4.69) is 15.0 Å². The molecule has 1 amide bonds. The number of pyridine rings is 1. The Balaban J connectivity index is 1.63. The van der Waals surface area contributed by atoms with Crippen molar-refractivity contribution in [2.75, 3.05) is 13.1 Å². The van der Waals surface area contributed by atoms with Crippen molar-refractivity contribution in [1.82, 2.24) is 19.9 Å². The molecule has 24 heavy (non-hydrogen) atoms. The maximum Gasteiger partial charge on any atom is 0.263 e. The van der Waals surface area contributed by atoms with E-state index in [1.807, 2.05) is 34.5 Å². The first-order valence-electron chi connectivity index (χ1n) is 7.89. The van der Waals surface area contributed by atoms with Crippen molar-refractivity contribution in [2.24, 2.45) is 0 Å². The van der Waals surface area contributed by atoms with Crippen LogP contribution in [0.3, 0.4) is 0 Å². The van der Waals surface area contributed by atoms with Crippen LogP contribution in [0.15, 0.2) is 48.4 Å². The summed E-state index contributed by atoms with van der Waals surface area (Å²) in [6, 6.07) is 7.72. The Morgan fingerprint density at radius 1 is 1.08 bits per heavy atom. The molecule has 0 radical (unpaired) electrons. The topological polar surface area (TPSA) is 59.0 Å². The molecule has 0 spiro atoms. The van der Waals surface area contributed by atoms with Gasteiger partial charge in [-0.25, -0.2) is 9.97 Å². The molecule has 0 atom stereocenters. The van der Waals surface area contributed by atoms with Gasteiger partial charge in [-0.3, -0.25) is 9.78 Å². The van der Waals surface area contributed by atoms with Crippen molar-refractivity contribution in [2.45, 2.75) is 12.8 Å². The summed E-state index contributed by atoms with van der Waals surface area (Å²) < 4.78 is 0. The number of thiophene rings is 1. The van der Waals surface area contributed by atoms with Crippen LogP contribution < -0.4 is 0 Å². The third kappa shape index (κ3) is 2.80. The van der Waals surface area contributed by atoms with Gasteiger partial charge in [0.1, 0.15) is 6.33 Å². The summed E-state index contributed by atoms with van der Waals surface area (Å²) in [7, 11) is 0. The second-order valence-electron chi connectivity index (χ2n) is 5.65. The van der Waals surface area contributed by atoms with E-state index in [1.165, 1.54) is 11.3 Å². The van der Waals surface area contributed by atoms with Gasteiger partial charge in [-0.05, 0) is 30.0 Å². The molecule has 0 fully saturated rings. The zero-order valence-corrected chi connectivity index (χ0v) is 13.9. The molecule has 3 aromatic rings. The van der Waals surface area contributed by atoms with Crippen LogP contribution in [-0.2, 0) is 12.8 Å². The van der Waals surface area contributed by atoms with Crippen LogP contribution in [0.1, 0.15) is 20.9 Å². The maximum atomic E-state index is 12.6. The molecule has 4 rings (SSSR count). The Hall–Kier alpha value is -2.60. The fourth-order valence-corrected chi connectivity index (χ4v) is 3.73. The van der Waals surface area contributed by atoms with Gasteiger partial charge in [0.25, 0.3) is 5.91 Å². The number of hydrogen-bond donors (Lipinski definition) is 0. The van der Waals surface area contributed by atoms with Gasteiger partial charge in [-0.15, -0.1) is 11.3 Å². The monoisotopic (exact) mass is 336 g/mol. The minimum Gasteiger partial charge on any atom is -0.337 e. The van der Waals surface area contributed by atoms with Gasteiger partial charge in [0.2, 0.25) is 0 Å². The number of amides is 1. The zero-order chi connectivity index (χ0) is 16.4. The molecule has 0 saturated heterocycles. The fraction of sp³-hybridized carbons (Fsp3) is 0.222. The molecule has 0 aromatic carbocycles. The lowest BCUT2D eigenvalue weighted by Gasteiger charge is -2.19. The number of carbonyl (C=O) groups is 1. The highest BCUT2D eigenvalue weighted by Gasteiger charge is 2.23. The zero-order valence-electron chi connectivity index (χ0n) is 13.1. The predicted octanol–water partition coefficient (Wildman–Crippen LogP) is 2.84. The van der Waals surface area contributed by atoms with Crippen LogP contribution in [0.5, 0.6) is 0 Å². The molecule has 4 heterocycles. The first-order valence-corrected chi connectivity index (χ1v) is 8.77. The molecule has 0 bridgehead atoms. The van der Waals surface area contributed by atoms with Gasteiger partial charge < -0.3 is 4.90 Å². The number of hydrogen-bond acceptors (Lipinski definition) is 5. The van der Waals surface area contributed by atoms with Crippen molar-refractivity contribution in [3.63, 3.8) is 0 Å². The second-order valence-corrected chi connectivity index (χ2v) is 6.60. The normalized spacial score (nSPS) is 14.1. The first-order chi connectivity index (χ1) is 11.8. The molecule has 6 heteroatoms. The lowest BCUT2D eigenvalue weighted by molar-refractivity contribution is 0.0768. The molecule has 0 aliphatic carbocycles. The summed E-state index contributed by atoms with van der Waals surface area (Å²) in [5, 5.41) is 1.94. The highest BCUT2D eigenvalue weighted by Crippen LogP contribution is 2.26. The van der Waals surface area contributed by atoms with Crippen LogP contribution in [-0.4, -0.2) is 38.8 Å². The highest BCUT2D eigenvalue weighted by molar-refractivity contribution is 7.12. The van der Waals surface area contributed by atoms with Gasteiger partial charge >= 0.3 is 0 Å². The molecular formula is C18H16N4OS. The Bertz CT molecular complexity index is 849. The second kappa shape index (κ2) is 6.49. The lowest BCUT2D eigenvalue weighted by atomic mass is 10.0. The minimum absolute atomic E-state index is 0.108. The van der Waals surface area contributed by atoms with Crippen molar-refractivity contribution < 1.29 is 4.79 Å². The first kappa shape index (κ1) is 15.0. The van der Waals surface area contributed by atoms with Crippen molar-refractivity contribution >= 4 is 17.2 Å². The van der Waals surface area contributed by atoms with E-state index < -0.39 is 0 Å². The molecular weight excluding hydrogens is 320 g/mol. The van der Waals surface area contributed by atoms with Gasteiger partial charge in [-0.2, -0.15) is 0 Å². The van der Waals surface area contributed by atoms with Gasteiger partial charge in [-0.1, -0.05) is 6.07 Å². The van der Waals surface area contributed by atoms with Gasteiger partial charge in [0.05, 0.1) is 10.6 Å². The average molecular weight is 336 g/mol. The van der Waals surface area contributed by atoms with Crippen LogP contribution in [0.2, 0.25) is 0 Å². The number of carbonyl (C=O) groups excluding carboxylic acids is 1. The third-order valence-corrected chi connectivity index (χ3v) is 5.12. The van der Waals surface area contributed by atoms with E-state index in [9.17, 15) is 4.79 Å². The van der Waals surface area contributed by atoms with Crippen LogP contribution in [0.4, 0.5) is 0 Å². The molecule has 0 N–H and O–H groups in total. The van der Waals surface area contributed by atoms with E-state index in [-0.39, 0.29) is 5.91 Å². The van der Waals surface area contributed by atoms with Crippen molar-refractivity contribution in [3.8, 4) is 11.3 Å². The van der Waals surface area contributed by atoms with Gasteiger partial charge in [0.15, 0.2) is 0 Å². The average Bonchev–Trinajstić information content (AvgIpc) is 3.08. The van der Waals surface area contributed by atoms with E-state index >= 15 is 0 Å². The van der Waals surface area contributed by atoms with Crippen LogP contribution >= 0.6 is 11.3 Å². The smallest absolute Gasteiger partial charge is 0.263 e. The molecule has 1 aliphatic heterocycles. The Kier molecular flexibility index (Phi) is 4.04. The molecule has 5 nitrogen and oxygen atoms in total. The number of fused-ring (bicyclic) bond motifs is 1. The summed E-state index contributed by atoms with van der Waals surface area (Å²) in [6.45, 7) is 1.38. The van der Waals surface area contributed by atoms with Crippen molar-refractivity contribution in [3.05, 3.63) is 64.5 Å². The summed E-state index contributed by atoms with van der Waals surface area (Å²) in [5.74, 6) is 0.108. The van der Waals surface area contributed by atoms with Crippen molar-refractivity contribution in [1.29, 1.82) is 0 Å². The van der Waals surface area contributed by atoms with E-state index in [1.54, 1.807) is 18.7 Å². The lowest BCUT2D eigenvalue weighted by Crippen LogP contribution is -2.32. The molecule has 1 aliphatic rings. The Morgan fingerprint density at radius 2 is 1.92 bits per heavy atom. The maximum absolute atomic E-state index is 12.6. The Morgan fingerprint density at radius 3 is 2.71 bits per heavy atom. The third-order valence-electron chi connectivity index (χ3n) is 4.26. The summed E-state index contributed by atoms with van der Waals surface area (Å²) in [4.78, 5) is 28.3. The number of nitrogens with zero attached hydrogens (tertiary/aromatic N) is 4. The van der Waals surface area contributed by atoms with Crippen LogP contribution in [0, 0.1) is 0 Å². The molecule has 0 saturated carbocycles. The quantitative estimate of drug-likeness (QED) is 0.722. The van der Waals surface area contributed by atoms with E-state index in [4.69, 9.17) is 0 Å². The van der Waals surface area contributed by atoms with E-state index in [0.29, 0.717) is 13.1 Å². The van der Waals surface area contributed by atoms with Gasteiger partial charge in [0, 0.05) is 48.7 Å². The molecule has 3 aromatic heterocycles. The highest BCUT2D eigenvalue weighted by atomic mass is 32.1. The number of aromatic nitrogens is 3. The van der Waals surface area contributed by atoms with E-state index in [0.717, 1.165) is 40.2 Å². The molecule has 120 valence electrons. The summed E-state index contributed by atoms with van der Waals surface area (Å²) in [5.41, 5.74) is 4.18. The predicted molar refractivity (Wildman–Crippen MR) is 92.9 cm³/mol. The largest absolute Gasteiger partial charge is 0.337 e. The summed E-state index contributed by atoms with van der Waals surface area (Å²) in [6.07, 6.45) is 6.68.